The molecule has 15 rings (SSSR count). The summed E-state index contributed by atoms with van der Waals surface area (Å²) in [6.45, 7) is 0.378. The van der Waals surface area contributed by atoms with E-state index in [9.17, 15) is 27.6 Å². The Morgan fingerprint density at radius 3 is 1.15 bits per heavy atom. The van der Waals surface area contributed by atoms with Gasteiger partial charge in [-0.25, -0.2) is 13.2 Å². The lowest BCUT2D eigenvalue weighted by Crippen LogP contribution is -2.40. The minimum atomic E-state index is -0.199. The van der Waals surface area contributed by atoms with E-state index in [1.807, 2.05) is 42.9 Å². The molecular weight excluding hydrogens is 1220 g/mol. The summed E-state index contributed by atoms with van der Waals surface area (Å²) in [7, 11) is 0. The summed E-state index contributed by atoms with van der Waals surface area (Å²) in [6, 6.07) is 42.5. The summed E-state index contributed by atoms with van der Waals surface area (Å²) in [5.74, 6) is 6.64. The lowest BCUT2D eigenvalue weighted by molar-refractivity contribution is -0.120. The van der Waals surface area contributed by atoms with E-state index in [1.165, 1.54) is 73.4 Å². The van der Waals surface area contributed by atoms with Gasteiger partial charge in [0.2, 0.25) is 0 Å². The number of Topliss-reactive ketones (excluding diaryl/α,β-unsaturated/α-hetero) is 2. The fourth-order valence-corrected chi connectivity index (χ4v) is 17.2. The van der Waals surface area contributed by atoms with Crippen LogP contribution < -0.4 is 10.5 Å². The molecule has 6 saturated carbocycles. The highest BCUT2D eigenvalue weighted by atomic mass is 35.5. The quantitative estimate of drug-likeness (QED) is 0.100. The molecule has 0 amide bonds. The van der Waals surface area contributed by atoms with E-state index in [-0.39, 0.29) is 36.4 Å². The maximum Gasteiger partial charge on any atom is 0.298 e. The number of carbonyl (C=O) groups is 3. The van der Waals surface area contributed by atoms with Gasteiger partial charge in [0.15, 0.2) is 11.6 Å². The van der Waals surface area contributed by atoms with E-state index in [1.54, 1.807) is 84.9 Å². The molecule has 8 nitrogen and oxygen atoms in total. The molecule has 14 heteroatoms. The lowest BCUT2D eigenvalue weighted by Gasteiger charge is -2.45. The lowest BCUT2D eigenvalue weighted by atomic mass is 9.60. The first-order chi connectivity index (χ1) is 44.2. The van der Waals surface area contributed by atoms with Crippen LogP contribution in [0.4, 0.5) is 13.2 Å². The van der Waals surface area contributed by atoms with Gasteiger partial charge in [0.25, 0.3) is 6.47 Å². The summed E-state index contributed by atoms with van der Waals surface area (Å²) < 4.78 is 46.0. The van der Waals surface area contributed by atoms with Crippen LogP contribution in [0.25, 0.3) is 32.7 Å². The van der Waals surface area contributed by atoms with Gasteiger partial charge < -0.3 is 10.5 Å². The van der Waals surface area contributed by atoms with Crippen LogP contribution in [0.15, 0.2) is 164 Å². The molecule has 0 aliphatic heterocycles. The van der Waals surface area contributed by atoms with Crippen molar-refractivity contribution in [2.75, 3.05) is 0 Å². The Balaban J connectivity index is 0.000000132. The number of ketones is 2. The second kappa shape index (κ2) is 30.4. The molecule has 3 aromatic heterocycles. The third-order valence-electron chi connectivity index (χ3n) is 21.3. The van der Waals surface area contributed by atoms with Crippen LogP contribution in [0.3, 0.4) is 0 Å². The maximum absolute atomic E-state index is 13.9. The number of hydrogen-bond donors (Lipinski definition) is 1. The molecule has 12 unspecified atom stereocenters. The molecule has 0 radical (unpaired) electrons. The largest absolute Gasteiger partial charge is 0.429 e. The van der Waals surface area contributed by atoms with E-state index >= 15 is 0 Å². The second-order valence-corrected chi connectivity index (χ2v) is 27.7. The number of pyridine rings is 3. The van der Waals surface area contributed by atoms with E-state index in [0.29, 0.717) is 111 Å². The first-order valence-electron chi connectivity index (χ1n) is 32.5. The molecule has 3 heterocycles. The van der Waals surface area contributed by atoms with E-state index in [0.717, 1.165) is 102 Å². The Labute approximate surface area is 553 Å². The normalized spacial score (nSPS) is 25.2. The highest BCUT2D eigenvalue weighted by molar-refractivity contribution is 6.31. The number of benzene rings is 6. The molecule has 9 aromatic rings. The molecule has 6 aromatic carbocycles. The van der Waals surface area contributed by atoms with Crippen molar-refractivity contribution in [1.82, 2.24) is 15.0 Å². The first kappa shape index (κ1) is 66.4. The SMILES string of the molecule is C.NC1CCC2CC1CCC2c1ccnc2ccc(F)cc12.O=C(CC1CCC2CC1CCC2c1ccnc2ccc(F)cc12)c1ccc(Cl)cc1.O=C(CC1CCC2CC1CCC2c1ccnc2ccc(F)cc12)c1ccc(Cl)cc1.O=COc1ccc(Cl)cc1. The van der Waals surface area contributed by atoms with Crippen molar-refractivity contribution in [3.05, 3.63) is 225 Å². The van der Waals surface area contributed by atoms with Crippen molar-refractivity contribution in [2.45, 2.75) is 140 Å². The van der Waals surface area contributed by atoms with Gasteiger partial charge >= 0.3 is 0 Å². The summed E-state index contributed by atoms with van der Waals surface area (Å²) in [5.41, 5.74) is 14.2. The van der Waals surface area contributed by atoms with Crippen LogP contribution in [0.1, 0.15) is 172 Å². The van der Waals surface area contributed by atoms with Crippen molar-refractivity contribution in [3.63, 3.8) is 0 Å². The van der Waals surface area contributed by atoms with Gasteiger partial charge in [-0.1, -0.05) is 42.2 Å². The molecule has 6 aliphatic rings. The zero-order valence-electron chi connectivity index (χ0n) is 50.9. The summed E-state index contributed by atoms with van der Waals surface area (Å²) >= 11 is 17.5. The molecule has 12 atom stereocenters. The van der Waals surface area contributed by atoms with Gasteiger partial charge in [-0.15, -0.1) is 0 Å². The molecule has 92 heavy (non-hydrogen) atoms. The smallest absolute Gasteiger partial charge is 0.298 e. The second-order valence-electron chi connectivity index (χ2n) is 26.4. The van der Waals surface area contributed by atoms with E-state index in [4.69, 9.17) is 40.5 Å². The van der Waals surface area contributed by atoms with Crippen LogP contribution in [0.5, 0.6) is 5.75 Å². The van der Waals surface area contributed by atoms with Crippen molar-refractivity contribution in [3.8, 4) is 5.75 Å². The molecule has 478 valence electrons. The van der Waals surface area contributed by atoms with Gasteiger partial charge in [-0.3, -0.25) is 29.3 Å². The highest BCUT2D eigenvalue weighted by Crippen LogP contribution is 2.54. The summed E-state index contributed by atoms with van der Waals surface area (Å²) in [4.78, 5) is 48.6. The Bertz CT molecular complexity index is 3850. The van der Waals surface area contributed by atoms with Crippen LogP contribution in [-0.4, -0.2) is 39.0 Å². The standard InChI is InChI=1S/2C26H25ClFNO.C18H21FN2.C7H5ClO2.CH4/c2*27-20-6-3-16(4-7-20)26(30)14-18-1-2-19-13-17(18)5-9-22(19)23-11-12-29-25-10-8-21(28)15-24(23)25;19-13-3-6-18-16(10-13)15(7-8-21-18)14-4-1-12-9-11(14)2-5-17(12)20;8-6-1-3-7(4-2-6)10-5-9;/h2*3-4,6-8,10-12,15,17-19,22H,1-2,5,9,13-14H2;3,6-8,10-12,14,17H,1-2,4-5,9,20H2;1-5H;1H4. The number of aromatic nitrogens is 3. The Morgan fingerprint density at radius 2 is 0.772 bits per heavy atom. The molecule has 6 aliphatic carbocycles. The maximum atomic E-state index is 13.9. The van der Waals surface area contributed by atoms with Crippen molar-refractivity contribution < 1.29 is 32.3 Å². The monoisotopic (exact) mass is 1300 g/mol. The minimum absolute atomic E-state index is 0. The number of rotatable bonds is 11. The highest BCUT2D eigenvalue weighted by Gasteiger charge is 2.42. The number of nitrogens with two attached hydrogens (primary N) is 1. The van der Waals surface area contributed by atoms with Crippen LogP contribution in [0, 0.1) is 64.8 Å². The molecular formula is C78H80Cl3F3N4O4. The predicted octanol–water partition coefficient (Wildman–Crippen LogP) is 20.9. The number of fused-ring (bicyclic) bond motifs is 9. The van der Waals surface area contributed by atoms with Crippen LogP contribution >= 0.6 is 34.8 Å². The summed E-state index contributed by atoms with van der Waals surface area (Å²) in [6.07, 6.45) is 24.1. The molecule has 0 saturated heterocycles. The zero-order valence-corrected chi connectivity index (χ0v) is 53.2. The Morgan fingerprint density at radius 1 is 0.435 bits per heavy atom. The van der Waals surface area contributed by atoms with Gasteiger partial charge in [0.1, 0.15) is 23.2 Å². The molecule has 6 fully saturated rings. The van der Waals surface area contributed by atoms with E-state index < -0.39 is 0 Å². The summed E-state index contributed by atoms with van der Waals surface area (Å²) in [5, 5.41) is 4.86. The van der Waals surface area contributed by atoms with E-state index in [2.05, 4.69) is 37.9 Å². The van der Waals surface area contributed by atoms with Gasteiger partial charge in [0, 0.05) is 79.8 Å². The predicted molar refractivity (Wildman–Crippen MR) is 364 cm³/mol. The first-order valence-corrected chi connectivity index (χ1v) is 33.7. The average molecular weight is 1300 g/mol. The Hall–Kier alpha value is -7.02. The van der Waals surface area contributed by atoms with Crippen molar-refractivity contribution in [2.24, 2.45) is 53.1 Å². The number of nitrogens with zero attached hydrogens (tertiary/aromatic N) is 3. The van der Waals surface area contributed by atoms with Gasteiger partial charge in [-0.05, 0) is 324 Å². The number of carbonyl (C=O) groups excluding carboxylic acids is 3. The van der Waals surface area contributed by atoms with Crippen LogP contribution in [-0.2, 0) is 4.79 Å². The fourth-order valence-electron chi connectivity index (χ4n) is 16.8. The third kappa shape index (κ3) is 15.6. The minimum Gasteiger partial charge on any atom is -0.429 e. The number of ether oxygens (including phenoxy) is 1. The van der Waals surface area contributed by atoms with Crippen molar-refractivity contribution in [1.29, 1.82) is 0 Å². The van der Waals surface area contributed by atoms with Crippen molar-refractivity contribution >= 4 is 85.6 Å². The number of halogens is 6. The molecule has 2 N–H and O–H groups in total. The van der Waals surface area contributed by atoms with Crippen LogP contribution in [0.2, 0.25) is 15.1 Å². The van der Waals surface area contributed by atoms with Gasteiger partial charge in [0.05, 0.1) is 16.6 Å². The number of hydrogen-bond acceptors (Lipinski definition) is 8. The Kier molecular flexibility index (Phi) is 21.9. The average Bonchev–Trinajstić information content (AvgIpc) is 0.809. The molecule has 0 spiro atoms. The van der Waals surface area contributed by atoms with Gasteiger partial charge in [-0.2, -0.15) is 0 Å². The zero-order chi connectivity index (χ0) is 63.1. The topological polar surface area (TPSA) is 125 Å². The fraction of sp³-hybridized carbons (Fsp3) is 0.385. The third-order valence-corrected chi connectivity index (χ3v) is 22.1. The molecule has 6 bridgehead atoms.